The number of aromatic nitrogens is 2. The van der Waals surface area contributed by atoms with Crippen molar-refractivity contribution in [1.82, 2.24) is 14.5 Å². The highest BCUT2D eigenvalue weighted by Gasteiger charge is 2.30. The van der Waals surface area contributed by atoms with E-state index in [4.69, 9.17) is 10.8 Å². The van der Waals surface area contributed by atoms with Crippen LogP contribution in [0.2, 0.25) is 0 Å². The molecule has 0 aliphatic rings. The molecule has 118 valence electrons. The minimum atomic E-state index is -1.10. The van der Waals surface area contributed by atoms with Crippen molar-refractivity contribution in [3.63, 3.8) is 0 Å². The molecule has 0 radical (unpaired) electrons. The SMILES string of the molecule is CC(C)(C)C(CN(CCO)C(=O)O)n1cnc(C(N)=O)c1. The first-order valence-corrected chi connectivity index (χ1v) is 6.58. The molecule has 21 heavy (non-hydrogen) atoms. The number of aliphatic hydroxyl groups excluding tert-OH is 1. The van der Waals surface area contributed by atoms with E-state index in [9.17, 15) is 14.7 Å². The minimum absolute atomic E-state index is 0.0271. The Morgan fingerprint density at radius 3 is 2.48 bits per heavy atom. The van der Waals surface area contributed by atoms with Crippen LogP contribution in [0.25, 0.3) is 0 Å². The first-order valence-electron chi connectivity index (χ1n) is 6.58. The van der Waals surface area contributed by atoms with Gasteiger partial charge >= 0.3 is 6.09 Å². The van der Waals surface area contributed by atoms with Crippen LogP contribution < -0.4 is 5.73 Å². The van der Waals surface area contributed by atoms with Gasteiger partial charge in [0.2, 0.25) is 0 Å². The summed E-state index contributed by atoms with van der Waals surface area (Å²) in [6.07, 6.45) is 1.88. The molecule has 1 atom stereocenters. The maximum absolute atomic E-state index is 11.2. The number of rotatable bonds is 6. The van der Waals surface area contributed by atoms with Crippen LogP contribution in [-0.4, -0.2) is 56.4 Å². The summed E-state index contributed by atoms with van der Waals surface area (Å²) in [5, 5.41) is 18.1. The summed E-state index contributed by atoms with van der Waals surface area (Å²) in [7, 11) is 0. The number of carboxylic acid groups (broad SMARTS) is 1. The van der Waals surface area contributed by atoms with Crippen LogP contribution in [0.4, 0.5) is 4.79 Å². The lowest BCUT2D eigenvalue weighted by atomic mass is 9.86. The van der Waals surface area contributed by atoms with Gasteiger partial charge in [0.15, 0.2) is 0 Å². The molecule has 2 amide bonds. The smallest absolute Gasteiger partial charge is 0.407 e. The number of nitrogens with two attached hydrogens (primary N) is 1. The lowest BCUT2D eigenvalue weighted by Crippen LogP contribution is -2.41. The Morgan fingerprint density at radius 2 is 2.10 bits per heavy atom. The Bertz CT molecular complexity index is 507. The number of hydrogen-bond donors (Lipinski definition) is 3. The van der Waals surface area contributed by atoms with Gasteiger partial charge in [-0.25, -0.2) is 9.78 Å². The summed E-state index contributed by atoms with van der Waals surface area (Å²) in [6, 6.07) is -0.249. The predicted octanol–water partition coefficient (Wildman–Crippen LogP) is 0.542. The molecule has 0 saturated carbocycles. The van der Waals surface area contributed by atoms with Crippen LogP contribution in [0.3, 0.4) is 0 Å². The summed E-state index contributed by atoms with van der Waals surface area (Å²) in [5.41, 5.74) is 5.03. The van der Waals surface area contributed by atoms with Crippen LogP contribution in [0, 0.1) is 5.41 Å². The summed E-state index contributed by atoms with van der Waals surface area (Å²) in [5.74, 6) is -0.633. The van der Waals surface area contributed by atoms with Crippen LogP contribution in [0.1, 0.15) is 37.3 Å². The molecule has 0 fully saturated rings. The van der Waals surface area contributed by atoms with Gasteiger partial charge in [0.25, 0.3) is 5.91 Å². The maximum atomic E-state index is 11.2. The second-order valence-corrected chi connectivity index (χ2v) is 5.90. The van der Waals surface area contributed by atoms with Crippen LogP contribution in [0.5, 0.6) is 0 Å². The fourth-order valence-corrected chi connectivity index (χ4v) is 2.04. The number of amides is 2. The van der Waals surface area contributed by atoms with Gasteiger partial charge in [-0.3, -0.25) is 4.79 Å². The quantitative estimate of drug-likeness (QED) is 0.707. The third-order valence-corrected chi connectivity index (χ3v) is 3.25. The molecule has 0 aliphatic carbocycles. The highest BCUT2D eigenvalue weighted by atomic mass is 16.4. The molecule has 8 heteroatoms. The normalized spacial score (nSPS) is 13.0. The largest absolute Gasteiger partial charge is 0.465 e. The zero-order valence-corrected chi connectivity index (χ0v) is 12.5. The fraction of sp³-hybridized carbons (Fsp3) is 0.615. The number of nitrogens with zero attached hydrogens (tertiary/aromatic N) is 3. The lowest BCUT2D eigenvalue weighted by molar-refractivity contribution is 0.0991. The first-order chi connectivity index (χ1) is 9.66. The molecule has 4 N–H and O–H groups in total. The standard InChI is InChI=1S/C13H22N4O4/c1-13(2,3)10(7-16(4-5-18)12(20)21)17-6-9(11(14)19)15-8-17/h6,8,10,18H,4-5,7H2,1-3H3,(H2,14,19)(H,20,21). The van der Waals surface area contributed by atoms with Gasteiger partial charge in [-0.1, -0.05) is 20.8 Å². The molecule has 0 aliphatic heterocycles. The zero-order chi connectivity index (χ0) is 16.2. The fourth-order valence-electron chi connectivity index (χ4n) is 2.04. The molecule has 8 nitrogen and oxygen atoms in total. The van der Waals surface area contributed by atoms with E-state index < -0.39 is 12.0 Å². The van der Waals surface area contributed by atoms with E-state index in [2.05, 4.69) is 4.98 Å². The zero-order valence-electron chi connectivity index (χ0n) is 12.5. The Hall–Kier alpha value is -2.09. The summed E-state index contributed by atoms with van der Waals surface area (Å²) < 4.78 is 1.69. The van der Waals surface area contributed by atoms with Crippen molar-refractivity contribution in [2.24, 2.45) is 11.1 Å². The number of primary amides is 1. The van der Waals surface area contributed by atoms with Crippen molar-refractivity contribution < 1.29 is 19.8 Å². The topological polar surface area (TPSA) is 122 Å². The number of imidazole rings is 1. The van der Waals surface area contributed by atoms with E-state index in [-0.39, 0.29) is 36.8 Å². The molecule has 1 aromatic heterocycles. The molecular formula is C13H22N4O4. The molecule has 1 unspecified atom stereocenters. The van der Waals surface area contributed by atoms with Gasteiger partial charge in [-0.05, 0) is 5.41 Å². The van der Waals surface area contributed by atoms with Gasteiger partial charge < -0.3 is 25.4 Å². The van der Waals surface area contributed by atoms with Crippen molar-refractivity contribution in [2.75, 3.05) is 19.7 Å². The Labute approximate surface area is 123 Å². The van der Waals surface area contributed by atoms with Crippen LogP contribution in [0.15, 0.2) is 12.5 Å². The average molecular weight is 298 g/mol. The molecule has 0 spiro atoms. The van der Waals surface area contributed by atoms with Gasteiger partial charge in [-0.15, -0.1) is 0 Å². The second-order valence-electron chi connectivity index (χ2n) is 5.90. The third-order valence-electron chi connectivity index (χ3n) is 3.25. The summed E-state index contributed by atoms with van der Waals surface area (Å²) >= 11 is 0. The second kappa shape index (κ2) is 6.57. The minimum Gasteiger partial charge on any atom is -0.465 e. The lowest BCUT2D eigenvalue weighted by Gasteiger charge is -2.35. The van der Waals surface area contributed by atoms with Crippen LogP contribution in [-0.2, 0) is 0 Å². The number of carbonyl (C=O) groups excluding carboxylic acids is 1. The molecule has 1 heterocycles. The number of hydrogen-bond acceptors (Lipinski definition) is 4. The highest BCUT2D eigenvalue weighted by molar-refractivity contribution is 5.90. The number of carbonyl (C=O) groups is 2. The summed E-state index contributed by atoms with van der Waals surface area (Å²) in [4.78, 5) is 27.4. The number of aliphatic hydroxyl groups is 1. The Morgan fingerprint density at radius 1 is 1.48 bits per heavy atom. The molecule has 1 rings (SSSR count). The predicted molar refractivity (Wildman–Crippen MR) is 75.9 cm³/mol. The van der Waals surface area contributed by atoms with Crippen LogP contribution >= 0.6 is 0 Å². The van der Waals surface area contributed by atoms with E-state index in [1.165, 1.54) is 12.5 Å². The van der Waals surface area contributed by atoms with Gasteiger partial charge in [0, 0.05) is 19.3 Å². The van der Waals surface area contributed by atoms with E-state index in [1.54, 1.807) is 4.57 Å². The van der Waals surface area contributed by atoms with Gasteiger partial charge in [0.1, 0.15) is 5.69 Å². The van der Waals surface area contributed by atoms with Crippen molar-refractivity contribution in [2.45, 2.75) is 26.8 Å². The molecule has 0 saturated heterocycles. The van der Waals surface area contributed by atoms with Crippen molar-refractivity contribution >= 4 is 12.0 Å². The molecule has 0 aromatic carbocycles. The Balaban J connectivity index is 3.05. The highest BCUT2D eigenvalue weighted by Crippen LogP contribution is 2.31. The molecule has 1 aromatic rings. The van der Waals surface area contributed by atoms with E-state index >= 15 is 0 Å². The average Bonchev–Trinajstić information content (AvgIpc) is 2.81. The monoisotopic (exact) mass is 298 g/mol. The van der Waals surface area contributed by atoms with Crippen molar-refractivity contribution in [3.05, 3.63) is 18.2 Å². The van der Waals surface area contributed by atoms with Gasteiger partial charge in [-0.2, -0.15) is 0 Å². The van der Waals surface area contributed by atoms with Gasteiger partial charge in [0.05, 0.1) is 19.0 Å². The molecular weight excluding hydrogens is 276 g/mol. The summed E-state index contributed by atoms with van der Waals surface area (Å²) in [6.45, 7) is 5.83. The maximum Gasteiger partial charge on any atom is 0.407 e. The van der Waals surface area contributed by atoms with Crippen molar-refractivity contribution in [1.29, 1.82) is 0 Å². The first kappa shape index (κ1) is 17.0. The third kappa shape index (κ3) is 4.45. The molecule has 0 bridgehead atoms. The van der Waals surface area contributed by atoms with E-state index in [0.29, 0.717) is 0 Å². The van der Waals surface area contributed by atoms with Crippen molar-refractivity contribution in [3.8, 4) is 0 Å². The van der Waals surface area contributed by atoms with E-state index in [0.717, 1.165) is 4.90 Å². The Kier molecular flexibility index (Phi) is 5.31. The van der Waals surface area contributed by atoms with E-state index in [1.807, 2.05) is 20.8 Å².